The predicted molar refractivity (Wildman–Crippen MR) is 95.8 cm³/mol. The van der Waals surface area contributed by atoms with Gasteiger partial charge in [-0.1, -0.05) is 5.16 Å². The summed E-state index contributed by atoms with van der Waals surface area (Å²) in [5, 5.41) is 7.11. The van der Waals surface area contributed by atoms with Crippen LogP contribution in [0.3, 0.4) is 0 Å². The first-order valence-electron chi connectivity index (χ1n) is 9.40. The highest BCUT2D eigenvalue weighted by Crippen LogP contribution is 2.16. The number of rotatable bonds is 5. The lowest BCUT2D eigenvalue weighted by Crippen LogP contribution is -2.55. The number of piperazine rings is 1. The Balaban J connectivity index is 1.50. The Morgan fingerprint density at radius 1 is 1.31 bits per heavy atom. The van der Waals surface area contributed by atoms with Crippen LogP contribution in [0, 0.1) is 6.92 Å². The van der Waals surface area contributed by atoms with Gasteiger partial charge in [0.1, 0.15) is 6.10 Å². The van der Waals surface area contributed by atoms with Crippen LogP contribution < -0.4 is 5.32 Å². The average Bonchev–Trinajstić information content (AvgIpc) is 3.32. The van der Waals surface area contributed by atoms with Crippen molar-refractivity contribution in [3.05, 3.63) is 11.7 Å². The maximum atomic E-state index is 12.4. The first kappa shape index (κ1) is 18.6. The van der Waals surface area contributed by atoms with Crippen LogP contribution >= 0.6 is 0 Å². The zero-order valence-corrected chi connectivity index (χ0v) is 15.6. The molecule has 9 nitrogen and oxygen atoms in total. The number of guanidine groups is 1. The van der Waals surface area contributed by atoms with E-state index < -0.39 is 0 Å². The minimum atomic E-state index is -0.235. The highest BCUT2D eigenvalue weighted by molar-refractivity contribution is 5.82. The van der Waals surface area contributed by atoms with E-state index in [0.717, 1.165) is 38.4 Å². The van der Waals surface area contributed by atoms with Crippen LogP contribution in [0.15, 0.2) is 9.52 Å². The number of carbonyl (C=O) groups is 1. The van der Waals surface area contributed by atoms with Crippen LogP contribution in [0.2, 0.25) is 0 Å². The summed E-state index contributed by atoms with van der Waals surface area (Å²) in [6, 6.07) is 0. The van der Waals surface area contributed by atoms with Gasteiger partial charge in [0.25, 0.3) is 5.91 Å². The Hall–Kier alpha value is -2.16. The normalized spacial score (nSPS) is 21.3. The van der Waals surface area contributed by atoms with E-state index in [2.05, 4.69) is 25.3 Å². The topological polar surface area (TPSA) is 96.1 Å². The molecule has 0 saturated carbocycles. The van der Waals surface area contributed by atoms with Gasteiger partial charge in [-0.15, -0.1) is 0 Å². The Labute approximate surface area is 153 Å². The lowest BCUT2D eigenvalue weighted by Gasteiger charge is -2.37. The molecule has 2 aliphatic rings. The standard InChI is InChI=1S/C17H28N6O3/c1-3-18-17(19-7-6-15-20-13(2)21-26-15)23-10-8-22(9-11-23)16(24)14-5-4-12-25-14/h14H,3-12H2,1-2H3,(H,18,19). The van der Waals surface area contributed by atoms with E-state index in [1.165, 1.54) is 0 Å². The number of carbonyl (C=O) groups excluding carboxylic acids is 1. The van der Waals surface area contributed by atoms with Crippen LogP contribution in [0.5, 0.6) is 0 Å². The molecule has 1 unspecified atom stereocenters. The van der Waals surface area contributed by atoms with Crippen LogP contribution in [0.1, 0.15) is 31.5 Å². The number of amides is 1. The fraction of sp³-hybridized carbons (Fsp3) is 0.765. The third-order valence-corrected chi connectivity index (χ3v) is 4.59. The second-order valence-corrected chi connectivity index (χ2v) is 6.53. The molecular formula is C17H28N6O3. The number of nitrogens with zero attached hydrogens (tertiary/aromatic N) is 5. The summed E-state index contributed by atoms with van der Waals surface area (Å²) < 4.78 is 10.6. The average molecular weight is 364 g/mol. The molecule has 9 heteroatoms. The fourth-order valence-electron chi connectivity index (χ4n) is 3.24. The molecule has 1 aromatic heterocycles. The summed E-state index contributed by atoms with van der Waals surface area (Å²) in [6.07, 6.45) is 2.21. The molecule has 0 aliphatic carbocycles. The first-order chi connectivity index (χ1) is 12.7. The summed E-state index contributed by atoms with van der Waals surface area (Å²) >= 11 is 0. The van der Waals surface area contributed by atoms with Crippen molar-refractivity contribution in [1.29, 1.82) is 0 Å². The number of hydrogen-bond donors (Lipinski definition) is 1. The number of ether oxygens (including phenoxy) is 1. The largest absolute Gasteiger partial charge is 0.368 e. The van der Waals surface area contributed by atoms with Crippen LogP contribution in [0.4, 0.5) is 0 Å². The van der Waals surface area contributed by atoms with Gasteiger partial charge in [0.05, 0.1) is 6.54 Å². The highest BCUT2D eigenvalue weighted by atomic mass is 16.5. The maximum absolute atomic E-state index is 12.4. The van der Waals surface area contributed by atoms with Crippen molar-refractivity contribution in [2.75, 3.05) is 45.9 Å². The number of aryl methyl sites for hydroxylation is 1. The van der Waals surface area contributed by atoms with Crippen LogP contribution in [0.25, 0.3) is 0 Å². The maximum Gasteiger partial charge on any atom is 0.251 e. The molecule has 1 aromatic rings. The van der Waals surface area contributed by atoms with Crippen molar-refractivity contribution in [3.63, 3.8) is 0 Å². The van der Waals surface area contributed by atoms with Crippen molar-refractivity contribution in [3.8, 4) is 0 Å². The molecule has 3 heterocycles. The van der Waals surface area contributed by atoms with Gasteiger partial charge < -0.3 is 24.4 Å². The molecule has 1 amide bonds. The third-order valence-electron chi connectivity index (χ3n) is 4.59. The van der Waals surface area contributed by atoms with Crippen molar-refractivity contribution in [2.24, 2.45) is 4.99 Å². The summed E-state index contributed by atoms with van der Waals surface area (Å²) in [5.74, 6) is 2.25. The minimum Gasteiger partial charge on any atom is -0.368 e. The second kappa shape index (κ2) is 8.98. The molecule has 0 bridgehead atoms. The molecule has 2 aliphatic heterocycles. The van der Waals surface area contributed by atoms with Gasteiger partial charge in [-0.3, -0.25) is 9.79 Å². The van der Waals surface area contributed by atoms with Crippen LogP contribution in [-0.2, 0) is 16.0 Å². The van der Waals surface area contributed by atoms with Gasteiger partial charge in [0, 0.05) is 45.8 Å². The van der Waals surface area contributed by atoms with Crippen LogP contribution in [-0.4, -0.2) is 83.8 Å². The molecule has 1 N–H and O–H groups in total. The number of aliphatic imine (C=N–C) groups is 1. The smallest absolute Gasteiger partial charge is 0.251 e. The quantitative estimate of drug-likeness (QED) is 0.589. The van der Waals surface area contributed by atoms with Crippen molar-refractivity contribution >= 4 is 11.9 Å². The summed E-state index contributed by atoms with van der Waals surface area (Å²) in [5.41, 5.74) is 0. The SMILES string of the molecule is CCNC(=NCCc1nc(C)no1)N1CCN(C(=O)C2CCCO2)CC1. The van der Waals surface area contributed by atoms with Gasteiger partial charge in [0.2, 0.25) is 5.89 Å². The van der Waals surface area contributed by atoms with Gasteiger partial charge in [-0.25, -0.2) is 0 Å². The zero-order valence-electron chi connectivity index (χ0n) is 15.6. The molecule has 0 aromatic carbocycles. The van der Waals surface area contributed by atoms with Gasteiger partial charge in [-0.2, -0.15) is 4.98 Å². The first-order valence-corrected chi connectivity index (χ1v) is 9.40. The van der Waals surface area contributed by atoms with E-state index >= 15 is 0 Å². The molecule has 3 rings (SSSR count). The van der Waals surface area contributed by atoms with E-state index in [4.69, 9.17) is 9.26 Å². The van der Waals surface area contributed by atoms with Gasteiger partial charge in [-0.05, 0) is 26.7 Å². The Kier molecular flexibility index (Phi) is 6.43. The Morgan fingerprint density at radius 3 is 2.69 bits per heavy atom. The molecule has 26 heavy (non-hydrogen) atoms. The fourth-order valence-corrected chi connectivity index (χ4v) is 3.24. The Morgan fingerprint density at radius 2 is 2.08 bits per heavy atom. The van der Waals surface area contributed by atoms with Gasteiger partial charge >= 0.3 is 0 Å². The van der Waals surface area contributed by atoms with E-state index in [1.807, 2.05) is 11.8 Å². The van der Waals surface area contributed by atoms with E-state index in [9.17, 15) is 4.79 Å². The monoisotopic (exact) mass is 364 g/mol. The third kappa shape index (κ3) is 4.72. The summed E-state index contributed by atoms with van der Waals surface area (Å²) in [6.45, 7) is 8.87. The Bertz CT molecular complexity index is 618. The lowest BCUT2D eigenvalue weighted by molar-refractivity contribution is -0.142. The molecule has 0 spiro atoms. The van der Waals surface area contributed by atoms with Crippen molar-refractivity contribution in [2.45, 2.75) is 39.2 Å². The second-order valence-electron chi connectivity index (χ2n) is 6.53. The molecule has 2 fully saturated rings. The van der Waals surface area contributed by atoms with E-state index in [-0.39, 0.29) is 12.0 Å². The zero-order chi connectivity index (χ0) is 18.4. The predicted octanol–water partition coefficient (Wildman–Crippen LogP) is 0.209. The van der Waals surface area contributed by atoms with Crippen molar-refractivity contribution < 1.29 is 14.1 Å². The van der Waals surface area contributed by atoms with E-state index in [1.54, 1.807) is 6.92 Å². The van der Waals surface area contributed by atoms with Crippen molar-refractivity contribution in [1.82, 2.24) is 25.3 Å². The molecular weight excluding hydrogens is 336 g/mol. The molecule has 2 saturated heterocycles. The molecule has 144 valence electrons. The lowest BCUT2D eigenvalue weighted by atomic mass is 10.2. The molecule has 0 radical (unpaired) electrons. The van der Waals surface area contributed by atoms with Gasteiger partial charge in [0.15, 0.2) is 11.8 Å². The molecule has 1 atom stereocenters. The minimum absolute atomic E-state index is 0.135. The summed E-state index contributed by atoms with van der Waals surface area (Å²) in [4.78, 5) is 25.4. The van der Waals surface area contributed by atoms with E-state index in [0.29, 0.717) is 44.4 Å². The number of aromatic nitrogens is 2. The number of nitrogens with one attached hydrogen (secondary N) is 1. The highest BCUT2D eigenvalue weighted by Gasteiger charge is 2.30. The summed E-state index contributed by atoms with van der Waals surface area (Å²) in [7, 11) is 0. The number of hydrogen-bond acceptors (Lipinski definition) is 6.